The summed E-state index contributed by atoms with van der Waals surface area (Å²) in [5, 5.41) is 0.580. The number of nitrogens with zero attached hydrogens (tertiary/aromatic N) is 2. The van der Waals surface area contributed by atoms with Crippen molar-refractivity contribution in [2.24, 2.45) is 11.8 Å². The molecule has 0 bridgehead atoms. The third-order valence-corrected chi connectivity index (χ3v) is 2.65. The number of aromatic nitrogens is 1. The van der Waals surface area contributed by atoms with Crippen molar-refractivity contribution >= 4 is 11.6 Å². The van der Waals surface area contributed by atoms with Crippen LogP contribution >= 0.6 is 11.6 Å². The highest BCUT2D eigenvalue weighted by molar-refractivity contribution is 6.29. The molecule has 0 aliphatic heterocycles. The summed E-state index contributed by atoms with van der Waals surface area (Å²) in [4.78, 5) is 6.50. The van der Waals surface area contributed by atoms with Crippen LogP contribution < -0.4 is 0 Å². The van der Waals surface area contributed by atoms with Gasteiger partial charge in [0.05, 0.1) is 0 Å². The molecule has 96 valence electrons. The lowest BCUT2D eigenvalue weighted by Gasteiger charge is -2.26. The molecule has 0 aromatic carbocycles. The Labute approximate surface area is 110 Å². The summed E-state index contributed by atoms with van der Waals surface area (Å²) in [6.45, 7) is 12.2. The summed E-state index contributed by atoms with van der Waals surface area (Å²) in [7, 11) is 0. The fourth-order valence-corrected chi connectivity index (χ4v) is 2.23. The molecule has 0 radical (unpaired) electrons. The number of rotatable bonds is 6. The smallest absolute Gasteiger partial charge is 0.129 e. The van der Waals surface area contributed by atoms with Crippen LogP contribution in [-0.2, 0) is 6.54 Å². The molecule has 1 aromatic rings. The predicted octanol–water partition coefficient (Wildman–Crippen LogP) is 3.85. The van der Waals surface area contributed by atoms with Crippen molar-refractivity contribution in [3.63, 3.8) is 0 Å². The fraction of sp³-hybridized carbons (Fsp3) is 0.643. The largest absolute Gasteiger partial charge is 0.299 e. The van der Waals surface area contributed by atoms with Crippen molar-refractivity contribution in [1.29, 1.82) is 0 Å². The Morgan fingerprint density at radius 2 is 1.76 bits per heavy atom. The first-order valence-electron chi connectivity index (χ1n) is 6.30. The highest BCUT2D eigenvalue weighted by atomic mass is 35.5. The van der Waals surface area contributed by atoms with E-state index in [2.05, 4.69) is 37.6 Å². The average molecular weight is 255 g/mol. The lowest BCUT2D eigenvalue weighted by atomic mass is 10.1. The monoisotopic (exact) mass is 254 g/mol. The van der Waals surface area contributed by atoms with Crippen LogP contribution in [0.3, 0.4) is 0 Å². The molecule has 3 heteroatoms. The zero-order valence-electron chi connectivity index (χ0n) is 11.3. The van der Waals surface area contributed by atoms with E-state index in [0.717, 1.165) is 19.6 Å². The summed E-state index contributed by atoms with van der Waals surface area (Å²) in [6.07, 6.45) is 1.78. The zero-order chi connectivity index (χ0) is 12.8. The van der Waals surface area contributed by atoms with Gasteiger partial charge in [0, 0.05) is 25.8 Å². The Balaban J connectivity index is 2.64. The van der Waals surface area contributed by atoms with Gasteiger partial charge in [-0.2, -0.15) is 0 Å². The molecule has 0 spiro atoms. The second-order valence-electron chi connectivity index (χ2n) is 5.47. The second-order valence-corrected chi connectivity index (χ2v) is 5.86. The first kappa shape index (κ1) is 14.5. The first-order chi connectivity index (χ1) is 7.97. The molecule has 0 unspecified atom stereocenters. The lowest BCUT2D eigenvalue weighted by molar-refractivity contribution is 0.211. The minimum Gasteiger partial charge on any atom is -0.299 e. The van der Waals surface area contributed by atoms with Gasteiger partial charge < -0.3 is 0 Å². The Kier molecular flexibility index (Phi) is 5.93. The highest BCUT2D eigenvalue weighted by Gasteiger charge is 2.10. The number of halogens is 1. The van der Waals surface area contributed by atoms with Crippen LogP contribution in [0.1, 0.15) is 33.3 Å². The van der Waals surface area contributed by atoms with Crippen LogP contribution in [0, 0.1) is 11.8 Å². The van der Waals surface area contributed by atoms with Crippen molar-refractivity contribution in [2.45, 2.75) is 34.2 Å². The summed E-state index contributed by atoms with van der Waals surface area (Å²) in [5.41, 5.74) is 1.24. The van der Waals surface area contributed by atoms with Crippen LogP contribution in [-0.4, -0.2) is 23.0 Å². The Morgan fingerprint density at radius 3 is 2.24 bits per heavy atom. The SMILES string of the molecule is CC(C)CN(Cc1ccnc(Cl)c1)CC(C)C. The van der Waals surface area contributed by atoms with Crippen LogP contribution in [0.5, 0.6) is 0 Å². The molecular weight excluding hydrogens is 232 g/mol. The fourth-order valence-electron chi connectivity index (χ4n) is 2.04. The Morgan fingerprint density at radius 1 is 1.18 bits per heavy atom. The van der Waals surface area contributed by atoms with Gasteiger partial charge in [-0.25, -0.2) is 4.98 Å². The van der Waals surface area contributed by atoms with Gasteiger partial charge in [-0.05, 0) is 29.5 Å². The minimum absolute atomic E-state index is 0.580. The van der Waals surface area contributed by atoms with Crippen molar-refractivity contribution in [1.82, 2.24) is 9.88 Å². The van der Waals surface area contributed by atoms with Crippen molar-refractivity contribution in [3.05, 3.63) is 29.0 Å². The number of hydrogen-bond acceptors (Lipinski definition) is 2. The van der Waals surface area contributed by atoms with Gasteiger partial charge in [0.2, 0.25) is 0 Å². The molecule has 0 aliphatic rings. The van der Waals surface area contributed by atoms with Crippen molar-refractivity contribution in [3.8, 4) is 0 Å². The van der Waals surface area contributed by atoms with E-state index in [0.29, 0.717) is 17.0 Å². The molecule has 17 heavy (non-hydrogen) atoms. The number of pyridine rings is 1. The summed E-state index contributed by atoms with van der Waals surface area (Å²) >= 11 is 5.91. The van der Waals surface area contributed by atoms with E-state index in [9.17, 15) is 0 Å². The van der Waals surface area contributed by atoms with E-state index < -0.39 is 0 Å². The molecule has 1 heterocycles. The Hall–Kier alpha value is -0.600. The molecule has 0 saturated heterocycles. The molecule has 0 amide bonds. The maximum absolute atomic E-state index is 5.91. The van der Waals surface area contributed by atoms with Gasteiger partial charge >= 0.3 is 0 Å². The first-order valence-corrected chi connectivity index (χ1v) is 6.68. The molecule has 0 N–H and O–H groups in total. The maximum atomic E-state index is 5.91. The van der Waals surface area contributed by atoms with Crippen molar-refractivity contribution in [2.75, 3.05) is 13.1 Å². The molecule has 0 saturated carbocycles. The summed E-state index contributed by atoms with van der Waals surface area (Å²) in [5.74, 6) is 1.37. The van der Waals surface area contributed by atoms with Gasteiger partial charge in [-0.3, -0.25) is 4.90 Å². The summed E-state index contributed by atoms with van der Waals surface area (Å²) < 4.78 is 0. The quantitative estimate of drug-likeness (QED) is 0.717. The molecule has 0 fully saturated rings. The van der Waals surface area contributed by atoms with E-state index in [4.69, 9.17) is 11.6 Å². The third kappa shape index (κ3) is 6.04. The van der Waals surface area contributed by atoms with Gasteiger partial charge in [0.15, 0.2) is 0 Å². The molecule has 1 rings (SSSR count). The zero-order valence-corrected chi connectivity index (χ0v) is 12.0. The van der Waals surface area contributed by atoms with Crippen LogP contribution in [0.25, 0.3) is 0 Å². The van der Waals surface area contributed by atoms with Crippen LogP contribution in [0.15, 0.2) is 18.3 Å². The van der Waals surface area contributed by atoms with Crippen LogP contribution in [0.2, 0.25) is 5.15 Å². The minimum atomic E-state index is 0.580. The highest BCUT2D eigenvalue weighted by Crippen LogP contribution is 2.12. The predicted molar refractivity (Wildman–Crippen MR) is 74.2 cm³/mol. The Bertz CT molecular complexity index is 327. The molecular formula is C14H23ClN2. The van der Waals surface area contributed by atoms with Gasteiger partial charge in [0.25, 0.3) is 0 Å². The molecule has 2 nitrogen and oxygen atoms in total. The van der Waals surface area contributed by atoms with E-state index in [1.165, 1.54) is 5.56 Å². The van der Waals surface area contributed by atoms with Crippen molar-refractivity contribution < 1.29 is 0 Å². The van der Waals surface area contributed by atoms with E-state index in [1.807, 2.05) is 12.1 Å². The standard InChI is InChI=1S/C14H23ClN2/c1-11(2)8-17(9-12(3)4)10-13-5-6-16-14(15)7-13/h5-7,11-12H,8-10H2,1-4H3. The maximum Gasteiger partial charge on any atom is 0.129 e. The van der Waals surface area contributed by atoms with Gasteiger partial charge in [-0.15, -0.1) is 0 Å². The van der Waals surface area contributed by atoms with E-state index in [1.54, 1.807) is 6.20 Å². The van der Waals surface area contributed by atoms with E-state index in [-0.39, 0.29) is 0 Å². The van der Waals surface area contributed by atoms with E-state index >= 15 is 0 Å². The van der Waals surface area contributed by atoms with Crippen LogP contribution in [0.4, 0.5) is 0 Å². The number of hydrogen-bond donors (Lipinski definition) is 0. The normalized spacial score (nSPS) is 11.8. The molecule has 0 atom stereocenters. The molecule has 0 aliphatic carbocycles. The van der Waals surface area contributed by atoms with Gasteiger partial charge in [-0.1, -0.05) is 39.3 Å². The van der Waals surface area contributed by atoms with Gasteiger partial charge in [0.1, 0.15) is 5.15 Å². The topological polar surface area (TPSA) is 16.1 Å². The summed E-state index contributed by atoms with van der Waals surface area (Å²) in [6, 6.07) is 3.99. The lowest BCUT2D eigenvalue weighted by Crippen LogP contribution is -2.30. The average Bonchev–Trinajstić information content (AvgIpc) is 2.14. The second kappa shape index (κ2) is 6.97. The third-order valence-electron chi connectivity index (χ3n) is 2.44. The molecule has 1 aromatic heterocycles.